The Kier molecular flexibility index (Phi) is 3.71. The third-order valence-electron chi connectivity index (χ3n) is 3.24. The number of rotatable bonds is 4. The van der Waals surface area contributed by atoms with Crippen molar-refractivity contribution in [3.8, 4) is 0 Å². The van der Waals surface area contributed by atoms with Crippen LogP contribution in [0.3, 0.4) is 0 Å². The standard InChI is InChI=1S/C13H12FN7O2/c14-7-1-3-8(4-2-7)21-10(11(15)22)5-9(20-21)12(23)18-13-16-6-17-19-13/h1-4,6,10H,5H2,(H2,15,22)(H2,16,17,18,19,23). The summed E-state index contributed by atoms with van der Waals surface area (Å²) >= 11 is 0. The van der Waals surface area contributed by atoms with E-state index >= 15 is 0 Å². The van der Waals surface area contributed by atoms with Gasteiger partial charge in [0.25, 0.3) is 5.91 Å². The van der Waals surface area contributed by atoms with Gasteiger partial charge in [-0.3, -0.25) is 19.9 Å². The normalized spacial score (nSPS) is 17.0. The molecule has 0 saturated heterocycles. The summed E-state index contributed by atoms with van der Waals surface area (Å²) in [6, 6.07) is 4.54. The summed E-state index contributed by atoms with van der Waals surface area (Å²) in [5, 5.41) is 14.0. The molecule has 1 aliphatic rings. The molecule has 4 N–H and O–H groups in total. The molecule has 1 aromatic carbocycles. The van der Waals surface area contributed by atoms with E-state index < -0.39 is 23.7 Å². The molecule has 0 saturated carbocycles. The van der Waals surface area contributed by atoms with Crippen molar-refractivity contribution in [3.63, 3.8) is 0 Å². The molecule has 0 fully saturated rings. The van der Waals surface area contributed by atoms with Gasteiger partial charge < -0.3 is 5.73 Å². The van der Waals surface area contributed by atoms with Crippen molar-refractivity contribution in [2.75, 3.05) is 10.3 Å². The van der Waals surface area contributed by atoms with Gasteiger partial charge in [0.15, 0.2) is 0 Å². The van der Waals surface area contributed by atoms with Crippen LogP contribution in [0.15, 0.2) is 35.7 Å². The molecule has 1 atom stereocenters. The van der Waals surface area contributed by atoms with E-state index in [1.807, 2.05) is 0 Å². The van der Waals surface area contributed by atoms with Crippen LogP contribution in [0.4, 0.5) is 16.0 Å². The summed E-state index contributed by atoms with van der Waals surface area (Å²) < 4.78 is 13.0. The van der Waals surface area contributed by atoms with Crippen molar-refractivity contribution in [1.82, 2.24) is 15.2 Å². The van der Waals surface area contributed by atoms with Gasteiger partial charge in [-0.15, -0.1) is 0 Å². The Labute approximate surface area is 129 Å². The number of H-pyrrole nitrogens is 1. The maximum absolute atomic E-state index is 13.0. The van der Waals surface area contributed by atoms with Crippen LogP contribution < -0.4 is 16.1 Å². The third kappa shape index (κ3) is 3.00. The molecule has 2 aromatic rings. The Balaban J connectivity index is 1.84. The van der Waals surface area contributed by atoms with Crippen LogP contribution in [0.1, 0.15) is 6.42 Å². The minimum atomic E-state index is -0.823. The minimum Gasteiger partial charge on any atom is -0.368 e. The largest absolute Gasteiger partial charge is 0.368 e. The van der Waals surface area contributed by atoms with Crippen molar-refractivity contribution < 1.29 is 14.0 Å². The lowest BCUT2D eigenvalue weighted by Gasteiger charge is -2.20. The summed E-state index contributed by atoms with van der Waals surface area (Å²) in [6.45, 7) is 0. The first-order chi connectivity index (χ1) is 11.0. The second-order valence-electron chi connectivity index (χ2n) is 4.78. The average molecular weight is 317 g/mol. The van der Waals surface area contributed by atoms with Gasteiger partial charge in [0.05, 0.1) is 5.69 Å². The van der Waals surface area contributed by atoms with Gasteiger partial charge in [0.1, 0.15) is 23.9 Å². The number of hydrogen-bond donors (Lipinski definition) is 3. The predicted molar refractivity (Wildman–Crippen MR) is 78.9 cm³/mol. The molecule has 10 heteroatoms. The lowest BCUT2D eigenvalue weighted by Crippen LogP contribution is -2.39. The molecule has 1 unspecified atom stereocenters. The van der Waals surface area contributed by atoms with Gasteiger partial charge in [0.2, 0.25) is 11.9 Å². The Morgan fingerprint density at radius 1 is 1.35 bits per heavy atom. The Hall–Kier alpha value is -3.30. The number of amides is 2. The number of hydrogen-bond acceptors (Lipinski definition) is 6. The number of nitrogens with zero attached hydrogens (tertiary/aromatic N) is 4. The summed E-state index contributed by atoms with van der Waals surface area (Å²) in [7, 11) is 0. The lowest BCUT2D eigenvalue weighted by atomic mass is 10.1. The first kappa shape index (κ1) is 14.6. The van der Waals surface area contributed by atoms with Crippen molar-refractivity contribution in [2.24, 2.45) is 10.8 Å². The molecule has 0 radical (unpaired) electrons. The van der Waals surface area contributed by atoms with E-state index in [2.05, 4.69) is 25.6 Å². The molecule has 0 bridgehead atoms. The Morgan fingerprint density at radius 3 is 2.70 bits per heavy atom. The van der Waals surface area contributed by atoms with E-state index in [4.69, 9.17) is 5.73 Å². The molecule has 23 heavy (non-hydrogen) atoms. The van der Waals surface area contributed by atoms with E-state index in [1.54, 1.807) is 0 Å². The van der Waals surface area contributed by atoms with Gasteiger partial charge >= 0.3 is 0 Å². The maximum Gasteiger partial charge on any atom is 0.274 e. The second-order valence-corrected chi connectivity index (χ2v) is 4.78. The van der Waals surface area contributed by atoms with E-state index in [9.17, 15) is 14.0 Å². The van der Waals surface area contributed by atoms with Crippen LogP contribution in [-0.2, 0) is 9.59 Å². The van der Waals surface area contributed by atoms with Crippen LogP contribution >= 0.6 is 0 Å². The maximum atomic E-state index is 13.0. The average Bonchev–Trinajstić information content (AvgIpc) is 3.17. The number of aromatic nitrogens is 3. The molecular weight excluding hydrogens is 305 g/mol. The molecule has 1 aromatic heterocycles. The van der Waals surface area contributed by atoms with Crippen LogP contribution in [0.2, 0.25) is 0 Å². The number of nitrogens with one attached hydrogen (secondary N) is 2. The van der Waals surface area contributed by atoms with Crippen molar-refractivity contribution in [1.29, 1.82) is 0 Å². The first-order valence-electron chi connectivity index (χ1n) is 6.63. The number of benzene rings is 1. The minimum absolute atomic E-state index is 0.0344. The van der Waals surface area contributed by atoms with Crippen LogP contribution in [-0.4, -0.2) is 38.7 Å². The number of hydrazone groups is 1. The third-order valence-corrected chi connectivity index (χ3v) is 3.24. The molecule has 0 aliphatic carbocycles. The molecule has 0 spiro atoms. The monoisotopic (exact) mass is 317 g/mol. The number of aromatic amines is 1. The molecule has 2 heterocycles. The summed E-state index contributed by atoms with van der Waals surface area (Å²) in [5.41, 5.74) is 5.93. The lowest BCUT2D eigenvalue weighted by molar-refractivity contribution is -0.119. The molecule has 3 rings (SSSR count). The van der Waals surface area contributed by atoms with Crippen molar-refractivity contribution in [2.45, 2.75) is 12.5 Å². The number of halogens is 1. The summed E-state index contributed by atoms with van der Waals surface area (Å²) in [4.78, 5) is 27.5. The number of nitrogens with two attached hydrogens (primary N) is 1. The van der Waals surface area contributed by atoms with Gasteiger partial charge in [-0.05, 0) is 24.3 Å². The van der Waals surface area contributed by atoms with Crippen molar-refractivity contribution >= 4 is 29.2 Å². The number of anilines is 2. The summed E-state index contributed by atoms with van der Waals surface area (Å²) in [6.07, 6.45) is 1.27. The van der Waals surface area contributed by atoms with E-state index in [0.717, 1.165) is 0 Å². The zero-order valence-corrected chi connectivity index (χ0v) is 11.7. The van der Waals surface area contributed by atoms with Gasteiger partial charge in [-0.2, -0.15) is 15.2 Å². The zero-order valence-electron chi connectivity index (χ0n) is 11.7. The summed E-state index contributed by atoms with van der Waals surface area (Å²) in [5.74, 6) is -1.43. The zero-order chi connectivity index (χ0) is 16.4. The number of primary amides is 1. The fourth-order valence-corrected chi connectivity index (χ4v) is 2.15. The molecule has 1 aliphatic heterocycles. The highest BCUT2D eigenvalue weighted by atomic mass is 19.1. The highest BCUT2D eigenvalue weighted by molar-refractivity contribution is 6.44. The second kappa shape index (κ2) is 5.83. The number of carbonyl (C=O) groups excluding carboxylic acids is 2. The van der Waals surface area contributed by atoms with Crippen molar-refractivity contribution in [3.05, 3.63) is 36.4 Å². The van der Waals surface area contributed by atoms with Crippen LogP contribution in [0.5, 0.6) is 0 Å². The van der Waals surface area contributed by atoms with Gasteiger partial charge in [-0.25, -0.2) is 9.49 Å². The predicted octanol–water partition coefficient (Wildman–Crippen LogP) is 0.00250. The Bertz CT molecular complexity index is 757. The number of carbonyl (C=O) groups is 2. The molecule has 9 nitrogen and oxygen atoms in total. The van der Waals surface area contributed by atoms with Crippen LogP contribution in [0.25, 0.3) is 0 Å². The SMILES string of the molecule is NC(=O)C1CC(C(=O)Nc2ncn[nH]2)=NN1c1ccc(F)cc1. The van der Waals surface area contributed by atoms with E-state index in [-0.39, 0.29) is 18.1 Å². The fourth-order valence-electron chi connectivity index (χ4n) is 2.15. The fraction of sp³-hybridized carbons (Fsp3) is 0.154. The van der Waals surface area contributed by atoms with Gasteiger partial charge in [-0.1, -0.05) is 0 Å². The topological polar surface area (TPSA) is 129 Å². The smallest absolute Gasteiger partial charge is 0.274 e. The van der Waals surface area contributed by atoms with E-state index in [1.165, 1.54) is 35.6 Å². The van der Waals surface area contributed by atoms with Crippen LogP contribution in [0, 0.1) is 5.82 Å². The molecule has 2 amide bonds. The quantitative estimate of drug-likeness (QED) is 0.731. The first-order valence-corrected chi connectivity index (χ1v) is 6.63. The Morgan fingerprint density at radius 2 is 2.09 bits per heavy atom. The highest BCUT2D eigenvalue weighted by Crippen LogP contribution is 2.25. The van der Waals surface area contributed by atoms with E-state index in [0.29, 0.717) is 5.69 Å². The highest BCUT2D eigenvalue weighted by Gasteiger charge is 2.35. The molecular formula is C13H12FN7O2. The molecule has 118 valence electrons. The van der Waals surface area contributed by atoms with Gasteiger partial charge in [0, 0.05) is 6.42 Å².